The highest BCUT2D eigenvalue weighted by Gasteiger charge is 2.37. The lowest BCUT2D eigenvalue weighted by Gasteiger charge is -2.38. The molecule has 0 bridgehead atoms. The van der Waals surface area contributed by atoms with Crippen LogP contribution in [0.4, 0.5) is 0 Å². The SMILES string of the molecule is Cc1ccc(-c2noc(CCCN3CCN(C(=O)C4Oc5ccccc5OC4C)CC3)n2)cc1. The second kappa shape index (κ2) is 9.85. The maximum absolute atomic E-state index is 13.1. The highest BCUT2D eigenvalue weighted by molar-refractivity contribution is 5.82. The van der Waals surface area contributed by atoms with E-state index in [4.69, 9.17) is 14.0 Å². The van der Waals surface area contributed by atoms with Gasteiger partial charge in [-0.05, 0) is 38.9 Å². The number of carbonyl (C=O) groups excluding carboxylic acids is 1. The van der Waals surface area contributed by atoms with Crippen LogP contribution in [0.3, 0.4) is 0 Å². The lowest BCUT2D eigenvalue weighted by molar-refractivity contribution is -0.146. The molecule has 2 aromatic carbocycles. The molecule has 178 valence electrons. The number of aromatic nitrogens is 2. The van der Waals surface area contributed by atoms with Gasteiger partial charge in [-0.1, -0.05) is 47.1 Å². The minimum atomic E-state index is -0.610. The van der Waals surface area contributed by atoms with Crippen molar-refractivity contribution in [3.63, 3.8) is 0 Å². The number of carbonyl (C=O) groups is 1. The first-order chi connectivity index (χ1) is 16.6. The number of piperazine rings is 1. The van der Waals surface area contributed by atoms with Crippen molar-refractivity contribution in [2.45, 2.75) is 38.9 Å². The molecular weight excluding hydrogens is 432 g/mol. The number of rotatable bonds is 6. The van der Waals surface area contributed by atoms with Gasteiger partial charge < -0.3 is 18.9 Å². The topological polar surface area (TPSA) is 80.9 Å². The number of ether oxygens (including phenoxy) is 2. The summed E-state index contributed by atoms with van der Waals surface area (Å²) >= 11 is 0. The lowest BCUT2D eigenvalue weighted by Crippen LogP contribution is -2.56. The lowest BCUT2D eigenvalue weighted by atomic mass is 10.1. The van der Waals surface area contributed by atoms with Gasteiger partial charge in [0.05, 0.1) is 0 Å². The van der Waals surface area contributed by atoms with Gasteiger partial charge in [0.25, 0.3) is 5.91 Å². The molecule has 8 heteroatoms. The minimum absolute atomic E-state index is 0.00357. The Labute approximate surface area is 199 Å². The van der Waals surface area contributed by atoms with Gasteiger partial charge in [-0.15, -0.1) is 0 Å². The molecule has 1 amide bonds. The first kappa shape index (κ1) is 22.4. The van der Waals surface area contributed by atoms with E-state index in [1.165, 1.54) is 5.56 Å². The molecule has 0 radical (unpaired) electrons. The summed E-state index contributed by atoms with van der Waals surface area (Å²) in [7, 11) is 0. The standard InChI is InChI=1S/C26H30N4O4/c1-18-9-11-20(12-10-18)25-27-23(34-28-25)8-5-13-29-14-16-30(17-15-29)26(31)24-19(2)32-21-6-3-4-7-22(21)33-24/h3-4,6-7,9-12,19,24H,5,8,13-17H2,1-2H3. The molecule has 0 N–H and O–H groups in total. The molecule has 0 spiro atoms. The average Bonchev–Trinajstić information content (AvgIpc) is 3.33. The number of hydrogen-bond acceptors (Lipinski definition) is 7. The highest BCUT2D eigenvalue weighted by atomic mass is 16.6. The first-order valence-corrected chi connectivity index (χ1v) is 11.9. The third kappa shape index (κ3) is 4.92. The highest BCUT2D eigenvalue weighted by Crippen LogP contribution is 2.34. The Morgan fingerprint density at radius 3 is 2.44 bits per heavy atom. The van der Waals surface area contributed by atoms with Crippen LogP contribution in [0.25, 0.3) is 11.4 Å². The van der Waals surface area contributed by atoms with E-state index in [1.807, 2.05) is 60.4 Å². The number of aryl methyl sites for hydroxylation is 2. The van der Waals surface area contributed by atoms with E-state index in [2.05, 4.69) is 22.0 Å². The van der Waals surface area contributed by atoms with Crippen molar-refractivity contribution in [2.75, 3.05) is 32.7 Å². The van der Waals surface area contributed by atoms with Gasteiger partial charge in [0.2, 0.25) is 17.8 Å². The molecule has 5 rings (SSSR count). The monoisotopic (exact) mass is 462 g/mol. The number of para-hydroxylation sites is 2. The smallest absolute Gasteiger partial charge is 0.267 e. The summed E-state index contributed by atoms with van der Waals surface area (Å²) in [4.78, 5) is 21.9. The predicted octanol–water partition coefficient (Wildman–Crippen LogP) is 3.35. The quantitative estimate of drug-likeness (QED) is 0.556. The molecule has 34 heavy (non-hydrogen) atoms. The van der Waals surface area contributed by atoms with Crippen LogP contribution in [0.2, 0.25) is 0 Å². The molecule has 3 heterocycles. The van der Waals surface area contributed by atoms with E-state index in [0.717, 1.165) is 38.0 Å². The fourth-order valence-electron chi connectivity index (χ4n) is 4.39. The molecule has 2 unspecified atom stereocenters. The van der Waals surface area contributed by atoms with Gasteiger partial charge in [-0.25, -0.2) is 0 Å². The van der Waals surface area contributed by atoms with E-state index in [1.54, 1.807) is 0 Å². The summed E-state index contributed by atoms with van der Waals surface area (Å²) in [5.41, 5.74) is 2.17. The Kier molecular flexibility index (Phi) is 6.49. The van der Waals surface area contributed by atoms with E-state index < -0.39 is 6.10 Å². The summed E-state index contributed by atoms with van der Waals surface area (Å²) in [5, 5.41) is 4.11. The summed E-state index contributed by atoms with van der Waals surface area (Å²) in [5.74, 6) is 2.61. The zero-order valence-corrected chi connectivity index (χ0v) is 19.6. The van der Waals surface area contributed by atoms with Gasteiger partial charge in [-0.3, -0.25) is 9.69 Å². The largest absolute Gasteiger partial charge is 0.482 e. The fourth-order valence-corrected chi connectivity index (χ4v) is 4.39. The van der Waals surface area contributed by atoms with E-state index in [-0.39, 0.29) is 12.0 Å². The van der Waals surface area contributed by atoms with Crippen LogP contribution < -0.4 is 9.47 Å². The normalized spacial score (nSPS) is 20.4. The maximum atomic E-state index is 13.1. The Hall–Kier alpha value is -3.39. The van der Waals surface area contributed by atoms with E-state index in [9.17, 15) is 4.79 Å². The van der Waals surface area contributed by atoms with Crippen molar-refractivity contribution < 1.29 is 18.8 Å². The van der Waals surface area contributed by atoms with Crippen molar-refractivity contribution >= 4 is 5.91 Å². The number of benzene rings is 2. The first-order valence-electron chi connectivity index (χ1n) is 11.9. The summed E-state index contributed by atoms with van der Waals surface area (Å²) in [6.07, 6.45) is 0.736. The van der Waals surface area contributed by atoms with Crippen LogP contribution >= 0.6 is 0 Å². The van der Waals surface area contributed by atoms with Gasteiger partial charge in [0, 0.05) is 38.2 Å². The Balaban J connectivity index is 1.07. The van der Waals surface area contributed by atoms with Crippen LogP contribution in [0, 0.1) is 6.92 Å². The third-order valence-corrected chi connectivity index (χ3v) is 6.41. The summed E-state index contributed by atoms with van der Waals surface area (Å²) in [6.45, 7) is 7.91. The molecule has 2 atom stereocenters. The molecule has 3 aromatic rings. The van der Waals surface area contributed by atoms with Crippen LogP contribution in [-0.2, 0) is 11.2 Å². The van der Waals surface area contributed by atoms with Gasteiger partial charge in [-0.2, -0.15) is 4.98 Å². The van der Waals surface area contributed by atoms with Crippen LogP contribution in [0.5, 0.6) is 11.5 Å². The number of nitrogens with zero attached hydrogens (tertiary/aromatic N) is 4. The molecular formula is C26H30N4O4. The van der Waals surface area contributed by atoms with Crippen LogP contribution in [0.1, 0.15) is 24.8 Å². The summed E-state index contributed by atoms with van der Waals surface area (Å²) in [6, 6.07) is 15.6. The Bertz CT molecular complexity index is 1120. The minimum Gasteiger partial charge on any atom is -0.482 e. The maximum Gasteiger partial charge on any atom is 0.267 e. The number of amides is 1. The van der Waals surface area contributed by atoms with Crippen molar-refractivity contribution in [3.05, 3.63) is 60.0 Å². The van der Waals surface area contributed by atoms with Crippen LogP contribution in [-0.4, -0.2) is 70.8 Å². The molecule has 0 aliphatic carbocycles. The van der Waals surface area contributed by atoms with Crippen LogP contribution in [0.15, 0.2) is 53.1 Å². The molecule has 1 fully saturated rings. The molecule has 1 saturated heterocycles. The molecule has 2 aliphatic heterocycles. The Morgan fingerprint density at radius 2 is 1.71 bits per heavy atom. The van der Waals surface area contributed by atoms with Crippen molar-refractivity contribution in [3.8, 4) is 22.9 Å². The van der Waals surface area contributed by atoms with Gasteiger partial charge >= 0.3 is 0 Å². The Morgan fingerprint density at radius 1 is 1.00 bits per heavy atom. The predicted molar refractivity (Wildman–Crippen MR) is 127 cm³/mol. The molecule has 1 aromatic heterocycles. The zero-order valence-electron chi connectivity index (χ0n) is 19.6. The fraction of sp³-hybridized carbons (Fsp3) is 0.423. The van der Waals surface area contributed by atoms with Gasteiger partial charge in [0.1, 0.15) is 6.10 Å². The zero-order chi connectivity index (χ0) is 23.5. The molecule has 2 aliphatic rings. The van der Waals surface area contributed by atoms with Crippen molar-refractivity contribution in [1.82, 2.24) is 19.9 Å². The van der Waals surface area contributed by atoms with E-state index in [0.29, 0.717) is 36.3 Å². The van der Waals surface area contributed by atoms with Crippen molar-refractivity contribution in [1.29, 1.82) is 0 Å². The molecule has 0 saturated carbocycles. The summed E-state index contributed by atoms with van der Waals surface area (Å²) < 4.78 is 17.3. The van der Waals surface area contributed by atoms with Gasteiger partial charge in [0.15, 0.2) is 11.5 Å². The molecule has 8 nitrogen and oxygen atoms in total. The van der Waals surface area contributed by atoms with E-state index >= 15 is 0 Å². The second-order valence-corrected chi connectivity index (χ2v) is 8.96. The average molecular weight is 463 g/mol. The number of hydrogen-bond donors (Lipinski definition) is 0. The van der Waals surface area contributed by atoms with Crippen molar-refractivity contribution in [2.24, 2.45) is 0 Å². The second-order valence-electron chi connectivity index (χ2n) is 8.96. The third-order valence-electron chi connectivity index (χ3n) is 6.41. The number of fused-ring (bicyclic) bond motifs is 1.